The second kappa shape index (κ2) is 7.13. The number of likely N-dealkylation sites (tertiary alicyclic amines) is 1. The van der Waals surface area contributed by atoms with Gasteiger partial charge in [0.15, 0.2) is 0 Å². The average Bonchev–Trinajstić information content (AvgIpc) is 3.08. The molecule has 4 rings (SSSR count). The first kappa shape index (κ1) is 17.7. The Morgan fingerprint density at radius 2 is 2.07 bits per heavy atom. The number of halogens is 1. The standard InChI is InChI=1S/C20H23FN4O2/c21-16-4-2-15(3-5-16)6-11-24-13-17(12-18(24)26)23-19(27)20(7-8-20)14-25-10-1-9-22-25/h1-5,9-10,17H,6-8,11-14H2,(H,23,27). The summed E-state index contributed by atoms with van der Waals surface area (Å²) >= 11 is 0. The minimum Gasteiger partial charge on any atom is -0.351 e. The maximum Gasteiger partial charge on any atom is 0.228 e. The molecule has 2 heterocycles. The fraction of sp³-hybridized carbons (Fsp3) is 0.450. The molecule has 1 aromatic carbocycles. The summed E-state index contributed by atoms with van der Waals surface area (Å²) in [5, 5.41) is 7.26. The number of rotatable bonds is 7. The number of hydrogen-bond donors (Lipinski definition) is 1. The first-order chi connectivity index (χ1) is 13.0. The summed E-state index contributed by atoms with van der Waals surface area (Å²) < 4.78 is 14.8. The van der Waals surface area contributed by atoms with Crippen molar-refractivity contribution in [1.29, 1.82) is 0 Å². The number of nitrogens with one attached hydrogen (secondary N) is 1. The molecule has 2 fully saturated rings. The predicted octanol–water partition coefficient (Wildman–Crippen LogP) is 1.76. The molecule has 1 aliphatic heterocycles. The van der Waals surface area contributed by atoms with Gasteiger partial charge in [0.1, 0.15) is 5.82 Å². The lowest BCUT2D eigenvalue weighted by Gasteiger charge is -2.20. The molecule has 1 N–H and O–H groups in total. The highest BCUT2D eigenvalue weighted by Gasteiger charge is 2.51. The van der Waals surface area contributed by atoms with Gasteiger partial charge in [0.05, 0.1) is 18.0 Å². The van der Waals surface area contributed by atoms with Gasteiger partial charge in [-0.3, -0.25) is 14.3 Å². The Balaban J connectivity index is 1.28. The molecule has 2 aromatic rings. The zero-order valence-corrected chi connectivity index (χ0v) is 15.1. The van der Waals surface area contributed by atoms with Crippen molar-refractivity contribution in [3.63, 3.8) is 0 Å². The van der Waals surface area contributed by atoms with Gasteiger partial charge in [-0.05, 0) is 43.0 Å². The smallest absolute Gasteiger partial charge is 0.228 e. The van der Waals surface area contributed by atoms with E-state index in [2.05, 4.69) is 10.4 Å². The van der Waals surface area contributed by atoms with E-state index in [4.69, 9.17) is 0 Å². The first-order valence-corrected chi connectivity index (χ1v) is 9.35. The highest BCUT2D eigenvalue weighted by atomic mass is 19.1. The van der Waals surface area contributed by atoms with E-state index < -0.39 is 0 Å². The summed E-state index contributed by atoms with van der Waals surface area (Å²) in [5.41, 5.74) is 0.615. The van der Waals surface area contributed by atoms with Crippen LogP contribution in [0.3, 0.4) is 0 Å². The van der Waals surface area contributed by atoms with Crippen molar-refractivity contribution in [2.75, 3.05) is 13.1 Å². The lowest BCUT2D eigenvalue weighted by atomic mass is 10.1. The summed E-state index contributed by atoms with van der Waals surface area (Å²) in [5.74, 6) is -0.182. The molecule has 2 aliphatic rings. The van der Waals surface area contributed by atoms with Crippen LogP contribution in [0.5, 0.6) is 0 Å². The van der Waals surface area contributed by atoms with Crippen molar-refractivity contribution < 1.29 is 14.0 Å². The van der Waals surface area contributed by atoms with Crippen LogP contribution in [0.25, 0.3) is 0 Å². The van der Waals surface area contributed by atoms with Crippen LogP contribution < -0.4 is 5.32 Å². The van der Waals surface area contributed by atoms with Crippen molar-refractivity contribution in [2.24, 2.45) is 5.41 Å². The molecule has 1 atom stereocenters. The minimum atomic E-state index is -0.378. The Kier molecular flexibility index (Phi) is 4.68. The Morgan fingerprint density at radius 3 is 2.74 bits per heavy atom. The second-order valence-electron chi connectivity index (χ2n) is 7.57. The van der Waals surface area contributed by atoms with Crippen LogP contribution >= 0.6 is 0 Å². The molecule has 1 saturated heterocycles. The molecule has 0 radical (unpaired) electrons. The SMILES string of the molecule is O=C1CC(NC(=O)C2(Cn3cccn3)CC2)CN1CCc1ccc(F)cc1. The quantitative estimate of drug-likeness (QED) is 0.808. The number of nitrogens with zero attached hydrogens (tertiary/aromatic N) is 3. The van der Waals surface area contributed by atoms with E-state index in [9.17, 15) is 14.0 Å². The highest BCUT2D eigenvalue weighted by molar-refractivity contribution is 5.87. The van der Waals surface area contributed by atoms with Gasteiger partial charge in [-0.1, -0.05) is 12.1 Å². The second-order valence-corrected chi connectivity index (χ2v) is 7.57. The number of carbonyl (C=O) groups is 2. The summed E-state index contributed by atoms with van der Waals surface area (Å²) in [6.07, 6.45) is 6.30. The van der Waals surface area contributed by atoms with Crippen LogP contribution in [-0.4, -0.2) is 45.6 Å². The number of carbonyl (C=O) groups excluding carboxylic acids is 2. The predicted molar refractivity (Wildman–Crippen MR) is 97.1 cm³/mol. The number of benzene rings is 1. The van der Waals surface area contributed by atoms with Crippen LogP contribution in [0, 0.1) is 11.2 Å². The molecule has 0 spiro atoms. The van der Waals surface area contributed by atoms with Crippen LogP contribution in [0.2, 0.25) is 0 Å². The lowest BCUT2D eigenvalue weighted by molar-refractivity contribution is -0.127. The van der Waals surface area contributed by atoms with E-state index in [1.807, 2.05) is 12.3 Å². The molecule has 1 aromatic heterocycles. The van der Waals surface area contributed by atoms with Crippen LogP contribution in [-0.2, 0) is 22.6 Å². The fourth-order valence-electron chi connectivity index (χ4n) is 3.65. The molecule has 142 valence electrons. The van der Waals surface area contributed by atoms with Gasteiger partial charge in [-0.15, -0.1) is 0 Å². The molecular formula is C20H23FN4O2. The number of hydrogen-bond acceptors (Lipinski definition) is 3. The molecule has 1 unspecified atom stereocenters. The molecule has 1 saturated carbocycles. The Labute approximate surface area is 157 Å². The van der Waals surface area contributed by atoms with E-state index in [0.29, 0.717) is 32.5 Å². The van der Waals surface area contributed by atoms with Gasteiger partial charge in [0, 0.05) is 31.9 Å². The van der Waals surface area contributed by atoms with Crippen molar-refractivity contribution in [2.45, 2.75) is 38.3 Å². The normalized spacial score (nSPS) is 20.7. The Hall–Kier alpha value is -2.70. The third-order valence-electron chi connectivity index (χ3n) is 5.49. The van der Waals surface area contributed by atoms with E-state index >= 15 is 0 Å². The third kappa shape index (κ3) is 4.02. The van der Waals surface area contributed by atoms with Crippen molar-refractivity contribution in [3.8, 4) is 0 Å². The van der Waals surface area contributed by atoms with Gasteiger partial charge >= 0.3 is 0 Å². The van der Waals surface area contributed by atoms with Crippen molar-refractivity contribution in [3.05, 3.63) is 54.1 Å². The Morgan fingerprint density at radius 1 is 1.30 bits per heavy atom. The van der Waals surface area contributed by atoms with Gasteiger partial charge in [0.2, 0.25) is 11.8 Å². The highest BCUT2D eigenvalue weighted by Crippen LogP contribution is 2.47. The zero-order chi connectivity index (χ0) is 18.9. The van der Waals surface area contributed by atoms with E-state index in [1.165, 1.54) is 12.1 Å². The summed E-state index contributed by atoms with van der Waals surface area (Å²) in [6, 6.07) is 8.04. The molecule has 6 nitrogen and oxygen atoms in total. The molecule has 2 amide bonds. The Bertz CT molecular complexity index is 815. The monoisotopic (exact) mass is 370 g/mol. The number of aromatic nitrogens is 2. The van der Waals surface area contributed by atoms with Gasteiger partial charge in [0.25, 0.3) is 0 Å². The maximum atomic E-state index is 13.0. The van der Waals surface area contributed by atoms with Gasteiger partial charge < -0.3 is 10.2 Å². The topological polar surface area (TPSA) is 67.2 Å². The molecule has 1 aliphatic carbocycles. The molecular weight excluding hydrogens is 347 g/mol. The van der Waals surface area contributed by atoms with Gasteiger partial charge in [-0.2, -0.15) is 5.10 Å². The largest absolute Gasteiger partial charge is 0.351 e. The van der Waals surface area contributed by atoms with E-state index in [0.717, 1.165) is 18.4 Å². The van der Waals surface area contributed by atoms with Crippen LogP contribution in [0.1, 0.15) is 24.8 Å². The number of amides is 2. The van der Waals surface area contributed by atoms with Crippen LogP contribution in [0.15, 0.2) is 42.7 Å². The van der Waals surface area contributed by atoms with E-state index in [1.54, 1.807) is 27.9 Å². The summed E-state index contributed by atoms with van der Waals surface area (Å²) in [7, 11) is 0. The maximum absolute atomic E-state index is 13.0. The van der Waals surface area contributed by atoms with Crippen molar-refractivity contribution in [1.82, 2.24) is 20.0 Å². The molecule has 0 bridgehead atoms. The lowest BCUT2D eigenvalue weighted by Crippen LogP contribution is -2.42. The van der Waals surface area contributed by atoms with E-state index in [-0.39, 0.29) is 29.1 Å². The average molecular weight is 370 g/mol. The van der Waals surface area contributed by atoms with Crippen molar-refractivity contribution >= 4 is 11.8 Å². The fourth-order valence-corrected chi connectivity index (χ4v) is 3.65. The zero-order valence-electron chi connectivity index (χ0n) is 15.1. The van der Waals surface area contributed by atoms with Crippen LogP contribution in [0.4, 0.5) is 4.39 Å². The summed E-state index contributed by atoms with van der Waals surface area (Å²) in [4.78, 5) is 26.8. The van der Waals surface area contributed by atoms with Gasteiger partial charge in [-0.25, -0.2) is 4.39 Å². The minimum absolute atomic E-state index is 0.0242. The molecule has 27 heavy (non-hydrogen) atoms. The first-order valence-electron chi connectivity index (χ1n) is 9.35. The summed E-state index contributed by atoms with van der Waals surface area (Å²) in [6.45, 7) is 1.69. The third-order valence-corrected chi connectivity index (χ3v) is 5.49. The molecule has 7 heteroatoms.